The summed E-state index contributed by atoms with van der Waals surface area (Å²) in [5, 5.41) is 11.5. The third-order valence-electron chi connectivity index (χ3n) is 4.75. The summed E-state index contributed by atoms with van der Waals surface area (Å²) in [6.45, 7) is 2.61. The zero-order valence-corrected chi connectivity index (χ0v) is 13.4. The maximum Gasteiger partial charge on any atom is 0.372 e. The Morgan fingerprint density at radius 1 is 1.21 bits per heavy atom. The molecule has 1 saturated heterocycles. The molecule has 0 radical (unpaired) electrons. The average molecular weight is 331 g/mol. The van der Waals surface area contributed by atoms with E-state index in [0.717, 1.165) is 37.2 Å². The molecule has 7 nitrogen and oxygen atoms in total. The predicted molar refractivity (Wildman–Crippen MR) is 87.7 cm³/mol. The van der Waals surface area contributed by atoms with Gasteiger partial charge in [0, 0.05) is 44.3 Å². The molecule has 2 aliphatic rings. The molecular weight excluding hydrogens is 310 g/mol. The van der Waals surface area contributed by atoms with Crippen molar-refractivity contribution in [3.63, 3.8) is 0 Å². The number of ketones is 1. The van der Waals surface area contributed by atoms with Gasteiger partial charge >= 0.3 is 12.0 Å². The topological polar surface area (TPSA) is 89.9 Å². The first-order valence-electron chi connectivity index (χ1n) is 8.18. The number of piperidine rings is 1. The van der Waals surface area contributed by atoms with Crippen molar-refractivity contribution in [2.45, 2.75) is 31.8 Å². The van der Waals surface area contributed by atoms with Crippen LogP contribution in [0.3, 0.4) is 0 Å². The Hall–Kier alpha value is -2.41. The number of carbonyl (C=O) groups is 3. The third-order valence-corrected chi connectivity index (χ3v) is 4.75. The second-order valence-electron chi connectivity index (χ2n) is 6.27. The number of fused-ring (bicyclic) bond motifs is 1. The van der Waals surface area contributed by atoms with E-state index in [2.05, 4.69) is 10.2 Å². The molecule has 2 heterocycles. The molecule has 1 fully saturated rings. The smallest absolute Gasteiger partial charge is 0.372 e. The van der Waals surface area contributed by atoms with Crippen molar-refractivity contribution in [1.29, 1.82) is 0 Å². The quantitative estimate of drug-likeness (QED) is 0.799. The van der Waals surface area contributed by atoms with Gasteiger partial charge in [0.15, 0.2) is 0 Å². The van der Waals surface area contributed by atoms with Crippen LogP contribution >= 0.6 is 0 Å². The minimum absolute atomic E-state index is 0.0393. The van der Waals surface area contributed by atoms with E-state index in [1.165, 1.54) is 0 Å². The molecule has 0 spiro atoms. The van der Waals surface area contributed by atoms with Crippen LogP contribution in [-0.4, -0.2) is 58.4 Å². The molecule has 2 aliphatic heterocycles. The number of Topliss-reactive ketones (excluding diaryl/α,β-unsaturated/α-hetero) is 1. The summed E-state index contributed by atoms with van der Waals surface area (Å²) in [7, 11) is 0. The van der Waals surface area contributed by atoms with Gasteiger partial charge in [-0.2, -0.15) is 0 Å². The molecule has 0 aliphatic carbocycles. The molecule has 128 valence electrons. The van der Waals surface area contributed by atoms with E-state index in [0.29, 0.717) is 13.1 Å². The number of hydrogen-bond donors (Lipinski definition) is 2. The number of nitrogens with one attached hydrogen (secondary N) is 1. The molecule has 2 N–H and O–H groups in total. The zero-order chi connectivity index (χ0) is 17.1. The number of carbonyl (C=O) groups excluding carboxylic acids is 2. The van der Waals surface area contributed by atoms with Crippen LogP contribution in [0, 0.1) is 0 Å². The summed E-state index contributed by atoms with van der Waals surface area (Å²) in [6.07, 6.45) is 1.70. The fraction of sp³-hybridized carbons (Fsp3) is 0.471. The normalized spacial score (nSPS) is 18.8. The number of hydrogen-bond acceptors (Lipinski definition) is 4. The standard InChI is InChI=1S/C17H21N3O4/c21-15(16(22)23)7-10-19-8-5-13(6-9-19)20-11-12-3-1-2-4-14(12)18-17(20)24/h1-4,13H,5-11H2,(H,18,24)(H,22,23). The van der Waals surface area contributed by atoms with E-state index in [1.807, 2.05) is 29.2 Å². The highest BCUT2D eigenvalue weighted by atomic mass is 16.4. The van der Waals surface area contributed by atoms with Gasteiger partial charge in [-0.1, -0.05) is 18.2 Å². The first-order valence-corrected chi connectivity index (χ1v) is 8.18. The number of amides is 2. The van der Waals surface area contributed by atoms with Crippen LogP contribution in [0.2, 0.25) is 0 Å². The number of benzene rings is 1. The summed E-state index contributed by atoms with van der Waals surface area (Å²) < 4.78 is 0. The first-order chi connectivity index (χ1) is 11.5. The molecule has 0 atom stereocenters. The van der Waals surface area contributed by atoms with Crippen LogP contribution in [0.5, 0.6) is 0 Å². The molecule has 7 heteroatoms. The lowest BCUT2D eigenvalue weighted by molar-refractivity contribution is -0.149. The molecule has 0 aromatic heterocycles. The van der Waals surface area contributed by atoms with Crippen molar-refractivity contribution >= 4 is 23.5 Å². The van der Waals surface area contributed by atoms with E-state index in [1.54, 1.807) is 0 Å². The fourth-order valence-corrected chi connectivity index (χ4v) is 3.34. The number of rotatable bonds is 5. The summed E-state index contributed by atoms with van der Waals surface area (Å²) >= 11 is 0. The lowest BCUT2D eigenvalue weighted by Gasteiger charge is -2.40. The second kappa shape index (κ2) is 7.00. The Morgan fingerprint density at radius 2 is 1.92 bits per heavy atom. The minimum atomic E-state index is -1.37. The minimum Gasteiger partial charge on any atom is -0.476 e. The number of nitrogens with zero attached hydrogens (tertiary/aromatic N) is 2. The van der Waals surface area contributed by atoms with Gasteiger partial charge in [-0.3, -0.25) is 4.79 Å². The molecule has 3 rings (SSSR count). The monoisotopic (exact) mass is 331 g/mol. The Labute approximate surface area is 140 Å². The molecule has 0 saturated carbocycles. The van der Waals surface area contributed by atoms with Crippen LogP contribution in [0.1, 0.15) is 24.8 Å². The highest BCUT2D eigenvalue weighted by molar-refractivity contribution is 6.32. The number of carboxylic acids is 1. The van der Waals surface area contributed by atoms with Crippen molar-refractivity contribution < 1.29 is 19.5 Å². The van der Waals surface area contributed by atoms with E-state index >= 15 is 0 Å². The lowest BCUT2D eigenvalue weighted by Crippen LogP contribution is -2.50. The van der Waals surface area contributed by atoms with E-state index < -0.39 is 11.8 Å². The first kappa shape index (κ1) is 16.4. The van der Waals surface area contributed by atoms with Crippen molar-refractivity contribution in [3.8, 4) is 0 Å². The Balaban J connectivity index is 1.53. The predicted octanol–water partition coefficient (Wildman–Crippen LogP) is 1.54. The maximum absolute atomic E-state index is 12.3. The SMILES string of the molecule is O=C(O)C(=O)CCN1CCC(N2Cc3ccccc3NC2=O)CC1. The Kier molecular flexibility index (Phi) is 4.80. The Bertz CT molecular complexity index is 653. The van der Waals surface area contributed by atoms with Crippen LogP contribution in [-0.2, 0) is 16.1 Å². The number of carboxylic acid groups (broad SMARTS) is 1. The average Bonchev–Trinajstić information content (AvgIpc) is 2.59. The summed E-state index contributed by atoms with van der Waals surface area (Å²) in [4.78, 5) is 38.0. The van der Waals surface area contributed by atoms with Gasteiger partial charge in [0.1, 0.15) is 0 Å². The number of para-hydroxylation sites is 1. The van der Waals surface area contributed by atoms with Gasteiger partial charge in [0.05, 0.1) is 0 Å². The summed E-state index contributed by atoms with van der Waals surface area (Å²) in [5.41, 5.74) is 2.00. The number of aliphatic carboxylic acids is 1. The molecule has 1 aromatic carbocycles. The Morgan fingerprint density at radius 3 is 2.62 bits per heavy atom. The zero-order valence-electron chi connectivity index (χ0n) is 13.4. The van der Waals surface area contributed by atoms with Gasteiger partial charge in [-0.15, -0.1) is 0 Å². The lowest BCUT2D eigenvalue weighted by atomic mass is 10.0. The maximum atomic E-state index is 12.3. The molecule has 24 heavy (non-hydrogen) atoms. The molecule has 2 amide bonds. The van der Waals surface area contributed by atoms with Crippen molar-refractivity contribution in [2.75, 3.05) is 25.0 Å². The largest absolute Gasteiger partial charge is 0.476 e. The molecule has 1 aromatic rings. The van der Waals surface area contributed by atoms with Crippen molar-refractivity contribution in [2.24, 2.45) is 0 Å². The van der Waals surface area contributed by atoms with Crippen LogP contribution in [0.25, 0.3) is 0 Å². The van der Waals surface area contributed by atoms with E-state index in [4.69, 9.17) is 5.11 Å². The third kappa shape index (κ3) is 3.56. The highest BCUT2D eigenvalue weighted by Gasteiger charge is 2.31. The van der Waals surface area contributed by atoms with Crippen molar-refractivity contribution in [3.05, 3.63) is 29.8 Å². The van der Waals surface area contributed by atoms with E-state index in [-0.39, 0.29) is 18.5 Å². The number of anilines is 1. The summed E-state index contributed by atoms with van der Waals surface area (Å²) in [5.74, 6) is -2.11. The van der Waals surface area contributed by atoms with Crippen LogP contribution in [0.15, 0.2) is 24.3 Å². The van der Waals surface area contributed by atoms with Gasteiger partial charge in [0.2, 0.25) is 5.78 Å². The van der Waals surface area contributed by atoms with Crippen molar-refractivity contribution in [1.82, 2.24) is 9.80 Å². The van der Waals surface area contributed by atoms with E-state index in [9.17, 15) is 14.4 Å². The highest BCUT2D eigenvalue weighted by Crippen LogP contribution is 2.27. The van der Waals surface area contributed by atoms with Crippen LogP contribution in [0.4, 0.5) is 10.5 Å². The van der Waals surface area contributed by atoms with Gasteiger partial charge < -0.3 is 20.2 Å². The van der Waals surface area contributed by atoms with Crippen LogP contribution < -0.4 is 5.32 Å². The fourth-order valence-electron chi connectivity index (χ4n) is 3.34. The molecule has 0 unspecified atom stereocenters. The van der Waals surface area contributed by atoms with Gasteiger partial charge in [-0.05, 0) is 24.5 Å². The molecule has 0 bridgehead atoms. The number of urea groups is 1. The number of likely N-dealkylation sites (tertiary alicyclic amines) is 1. The van der Waals surface area contributed by atoms with Gasteiger partial charge in [-0.25, -0.2) is 9.59 Å². The summed E-state index contributed by atoms with van der Waals surface area (Å²) in [6, 6.07) is 7.92. The second-order valence-corrected chi connectivity index (χ2v) is 6.27. The molecular formula is C17H21N3O4. The van der Waals surface area contributed by atoms with Gasteiger partial charge in [0.25, 0.3) is 0 Å².